The van der Waals surface area contributed by atoms with Crippen LogP contribution in [0.2, 0.25) is 0 Å². The molecule has 4 aliphatic rings. The van der Waals surface area contributed by atoms with E-state index in [2.05, 4.69) is 412 Å². The van der Waals surface area contributed by atoms with Gasteiger partial charge in [-0.25, -0.2) is 0 Å². The molecule has 0 spiro atoms. The maximum atomic E-state index is 4.75. The Kier molecular flexibility index (Phi) is 23.5. The van der Waals surface area contributed by atoms with Crippen LogP contribution in [0.15, 0.2) is 201 Å². The number of hydrogen-bond donors (Lipinski definition) is 0. The number of pyridine rings is 3. The standard InChI is InChI=1S/C30H29N3.C24H33N3.C20H25N3.C17H26N2/c1-21-20-22(2)31-23(3)29(21)32-18-19-33(24(32)4)30-27(25-12-7-5-8-13-25)16-11-17-28(30)26-14-9-6-10-15-26;1-15(2)21-10-9-11-22(16(3)4)24(21)27-13-12-26(20(27)8)23-17(5)14-18(6)25-19(23)7;1-13-8-7-9-14(2)19(13)22-10-11-23(18(22)6)20-15(3)12-16(4)21-17(20)5;1-12(2)16-7-8-17(14(5)11-16)19-10-9-18(13(3)4)15(19)6/h5-20,24H,1-4H3;9-16,20H,1-8H3;7-12,18H,1-6H3;7-13,15H,1-6H3/t24-;20-;18-;15-/m0011/s1. The van der Waals surface area contributed by atoms with Crippen LogP contribution in [0.1, 0.15) is 185 Å². The molecule has 9 aromatic rings. The molecule has 0 radical (unpaired) electrons. The van der Waals surface area contributed by atoms with Crippen molar-refractivity contribution in [3.63, 3.8) is 0 Å². The number of aromatic nitrogens is 3. The molecule has 0 N–H and O–H groups in total. The largest absolute Gasteiger partial charge is 0.353 e. The summed E-state index contributed by atoms with van der Waals surface area (Å²) in [5.41, 5.74) is 32.2. The zero-order valence-corrected chi connectivity index (χ0v) is 65.6. The van der Waals surface area contributed by atoms with Crippen LogP contribution in [0.5, 0.6) is 0 Å². The summed E-state index contributed by atoms with van der Waals surface area (Å²) < 4.78 is 0. The first-order valence-electron chi connectivity index (χ1n) is 36.9. The predicted molar refractivity (Wildman–Crippen MR) is 437 cm³/mol. The molecule has 4 aliphatic heterocycles. The Morgan fingerprint density at radius 1 is 0.284 bits per heavy atom. The first kappa shape index (κ1) is 74.8. The van der Waals surface area contributed by atoms with Crippen LogP contribution >= 0.6 is 0 Å². The zero-order chi connectivity index (χ0) is 73.7. The third-order valence-corrected chi connectivity index (χ3v) is 20.6. The van der Waals surface area contributed by atoms with Gasteiger partial charge in [-0.2, -0.15) is 0 Å². The van der Waals surface area contributed by atoms with Crippen molar-refractivity contribution in [1.29, 1.82) is 0 Å². The summed E-state index contributed by atoms with van der Waals surface area (Å²) in [7, 11) is 0. The van der Waals surface area contributed by atoms with Crippen molar-refractivity contribution < 1.29 is 0 Å². The van der Waals surface area contributed by atoms with Gasteiger partial charge in [0.05, 0.1) is 39.8 Å². The lowest BCUT2D eigenvalue weighted by molar-refractivity contribution is 0.263. The van der Waals surface area contributed by atoms with E-state index in [1.165, 1.54) is 112 Å². The van der Waals surface area contributed by atoms with Crippen LogP contribution in [0.3, 0.4) is 0 Å². The molecule has 0 amide bonds. The van der Waals surface area contributed by atoms with Gasteiger partial charge in [0.2, 0.25) is 0 Å². The lowest BCUT2D eigenvalue weighted by Crippen LogP contribution is -2.39. The number of para-hydroxylation sites is 3. The van der Waals surface area contributed by atoms with Crippen molar-refractivity contribution in [2.24, 2.45) is 0 Å². The van der Waals surface area contributed by atoms with Crippen molar-refractivity contribution in [2.45, 2.75) is 215 Å². The maximum Gasteiger partial charge on any atom is 0.107 e. The minimum Gasteiger partial charge on any atom is -0.353 e. The van der Waals surface area contributed by atoms with Gasteiger partial charge >= 0.3 is 0 Å². The summed E-state index contributed by atoms with van der Waals surface area (Å²) in [5.74, 6) is 1.56. The van der Waals surface area contributed by atoms with Gasteiger partial charge in [-0.05, 0) is 228 Å². The topological polar surface area (TPSA) is 64.6 Å². The van der Waals surface area contributed by atoms with Gasteiger partial charge < -0.3 is 39.2 Å². The molecule has 6 aromatic carbocycles. The first-order valence-corrected chi connectivity index (χ1v) is 36.9. The molecule has 13 rings (SSSR count). The van der Waals surface area contributed by atoms with E-state index in [9.17, 15) is 0 Å². The van der Waals surface area contributed by atoms with E-state index in [1.54, 1.807) is 0 Å². The van der Waals surface area contributed by atoms with Gasteiger partial charge in [0, 0.05) is 101 Å². The van der Waals surface area contributed by atoms with Crippen LogP contribution in [0, 0.1) is 83.1 Å². The Morgan fingerprint density at radius 3 is 0.990 bits per heavy atom. The van der Waals surface area contributed by atoms with E-state index >= 15 is 0 Å². The molecule has 11 nitrogen and oxygen atoms in total. The van der Waals surface area contributed by atoms with E-state index in [4.69, 9.17) is 9.97 Å². The zero-order valence-electron chi connectivity index (χ0n) is 65.6. The van der Waals surface area contributed by atoms with Crippen molar-refractivity contribution >= 4 is 39.8 Å². The van der Waals surface area contributed by atoms with E-state index < -0.39 is 0 Å². The second-order valence-electron chi connectivity index (χ2n) is 29.6. The maximum absolute atomic E-state index is 4.75. The molecular formula is C91H113N11. The minimum absolute atomic E-state index is 0.110. The summed E-state index contributed by atoms with van der Waals surface area (Å²) in [6, 6.07) is 55.0. The van der Waals surface area contributed by atoms with Gasteiger partial charge in [0.25, 0.3) is 0 Å². The fourth-order valence-electron chi connectivity index (χ4n) is 15.7. The molecule has 4 atom stereocenters. The fourth-order valence-corrected chi connectivity index (χ4v) is 15.7. The molecule has 0 saturated heterocycles. The number of anilines is 7. The van der Waals surface area contributed by atoms with Gasteiger partial charge in [-0.15, -0.1) is 0 Å². The Bertz CT molecular complexity index is 4370. The number of benzene rings is 6. The molecule has 0 aliphatic carbocycles. The first-order chi connectivity index (χ1) is 48.6. The molecule has 0 saturated carbocycles. The van der Waals surface area contributed by atoms with E-state index in [0.29, 0.717) is 30.0 Å². The summed E-state index contributed by atoms with van der Waals surface area (Å²) in [6.45, 7) is 52.7. The summed E-state index contributed by atoms with van der Waals surface area (Å²) in [5, 5.41) is 0. The van der Waals surface area contributed by atoms with Crippen LogP contribution in [-0.4, -0.2) is 50.6 Å². The van der Waals surface area contributed by atoms with Crippen molar-refractivity contribution in [3.8, 4) is 22.3 Å². The van der Waals surface area contributed by atoms with Crippen molar-refractivity contribution in [3.05, 3.63) is 285 Å². The highest BCUT2D eigenvalue weighted by atomic mass is 15.4. The average molecular weight is 1360 g/mol. The second kappa shape index (κ2) is 32.0. The summed E-state index contributed by atoms with van der Waals surface area (Å²) >= 11 is 0. The summed E-state index contributed by atoms with van der Waals surface area (Å²) in [4.78, 5) is 33.1. The van der Waals surface area contributed by atoms with Crippen molar-refractivity contribution in [1.82, 2.24) is 19.9 Å². The number of rotatable bonds is 13. The van der Waals surface area contributed by atoms with Crippen LogP contribution < -0.4 is 34.3 Å². The van der Waals surface area contributed by atoms with Crippen molar-refractivity contribution in [2.75, 3.05) is 34.3 Å². The highest BCUT2D eigenvalue weighted by Gasteiger charge is 2.34. The molecular weight excluding hydrogens is 1250 g/mol. The molecule has 3 aromatic heterocycles. The van der Waals surface area contributed by atoms with E-state index in [0.717, 1.165) is 34.2 Å². The highest BCUT2D eigenvalue weighted by molar-refractivity contribution is 5.93. The lowest BCUT2D eigenvalue weighted by Gasteiger charge is -2.35. The normalized spacial score (nSPS) is 16.9. The van der Waals surface area contributed by atoms with E-state index in [-0.39, 0.29) is 18.5 Å². The summed E-state index contributed by atoms with van der Waals surface area (Å²) in [6.07, 6.45) is 18.5. The van der Waals surface area contributed by atoms with Crippen LogP contribution in [-0.2, 0) is 0 Å². The predicted octanol–water partition coefficient (Wildman–Crippen LogP) is 23.1. The number of nitrogens with zero attached hydrogens (tertiary/aromatic N) is 11. The number of hydrogen-bond acceptors (Lipinski definition) is 11. The minimum atomic E-state index is 0.110. The molecule has 0 bridgehead atoms. The van der Waals surface area contributed by atoms with Gasteiger partial charge in [-0.3, -0.25) is 15.0 Å². The number of aryl methyl sites for hydroxylation is 12. The molecule has 11 heteroatoms. The quantitative estimate of drug-likeness (QED) is 0.111. The van der Waals surface area contributed by atoms with Gasteiger partial charge in [0.1, 0.15) is 24.7 Å². The second-order valence-corrected chi connectivity index (χ2v) is 29.6. The van der Waals surface area contributed by atoms with E-state index in [1.807, 2.05) is 0 Å². The van der Waals surface area contributed by atoms with Gasteiger partial charge in [-0.1, -0.05) is 169 Å². The third kappa shape index (κ3) is 15.8. The SMILES string of the molecule is Cc1cc(C(C)C)ccc1N1C=CN(C(C)C)[C@H]1C.Cc1cc(C)c(N2C=CN(c3c(-c4ccccc4)cccc3-c3ccccc3)[C@H]2C)c(C)n1.Cc1cc(C)c(N2C=CN(c3c(C(C)C)cccc3C(C)C)[C@H]2C)c(C)n1.Cc1cc(C)c(N2C=CN(c3c(C)cccc3C)[C@H]2C)c(C)n1. The Labute approximate surface area is 612 Å². The van der Waals surface area contributed by atoms with Crippen LogP contribution in [0.4, 0.5) is 39.8 Å². The lowest BCUT2D eigenvalue weighted by atomic mass is 9.92. The average Bonchev–Trinajstić information content (AvgIpc) is 1.60. The Hall–Kier alpha value is -9.87. The molecule has 532 valence electrons. The monoisotopic (exact) mass is 1360 g/mol. The Balaban J connectivity index is 0.000000149. The molecule has 7 heterocycles. The smallest absolute Gasteiger partial charge is 0.107 e. The molecule has 102 heavy (non-hydrogen) atoms. The molecule has 0 unspecified atom stereocenters. The molecule has 0 fully saturated rings. The fraction of sp³-hybridized carbons (Fsp3) is 0.352. The highest BCUT2D eigenvalue weighted by Crippen LogP contribution is 2.45. The van der Waals surface area contributed by atoms with Crippen LogP contribution in [0.25, 0.3) is 22.3 Å². The van der Waals surface area contributed by atoms with Gasteiger partial charge in [0.15, 0.2) is 0 Å². The third-order valence-electron chi connectivity index (χ3n) is 20.6. The Morgan fingerprint density at radius 2 is 0.637 bits per heavy atom.